The first-order chi connectivity index (χ1) is 12.5. The first-order valence-corrected chi connectivity index (χ1v) is 8.53. The third kappa shape index (κ3) is 2.41. The van der Waals surface area contributed by atoms with Gasteiger partial charge in [0.05, 0.1) is 6.04 Å². The number of aliphatic carboxylic acids is 1. The number of rotatable bonds is 3. The number of carboxylic acid groups (broad SMARTS) is 1. The van der Waals surface area contributed by atoms with Crippen molar-refractivity contribution >= 4 is 11.9 Å². The lowest BCUT2D eigenvalue weighted by Gasteiger charge is -2.43. The van der Waals surface area contributed by atoms with Crippen LogP contribution in [0.1, 0.15) is 47.3 Å². The SMILES string of the molecule is CC(C)N1C(=O)c2ccccc2C(C(=O)O)C1c1ccc2c(c1)OCO2. The van der Waals surface area contributed by atoms with Crippen LogP contribution in [0.3, 0.4) is 0 Å². The zero-order valence-electron chi connectivity index (χ0n) is 14.5. The van der Waals surface area contributed by atoms with E-state index in [-0.39, 0.29) is 18.7 Å². The Morgan fingerprint density at radius 1 is 1.15 bits per heavy atom. The molecule has 0 saturated carbocycles. The Morgan fingerprint density at radius 3 is 2.62 bits per heavy atom. The second-order valence-corrected chi connectivity index (χ2v) is 6.77. The van der Waals surface area contributed by atoms with Crippen LogP contribution in [-0.4, -0.2) is 34.7 Å². The van der Waals surface area contributed by atoms with Gasteiger partial charge in [-0.15, -0.1) is 0 Å². The standard InChI is InChI=1S/C20H19NO5/c1-11(2)21-18(12-7-8-15-16(9-12)26-10-25-15)17(20(23)24)13-5-3-4-6-14(13)19(21)22/h3-9,11,17-18H,10H2,1-2H3,(H,23,24). The van der Waals surface area contributed by atoms with Crippen LogP contribution in [0.4, 0.5) is 0 Å². The van der Waals surface area contributed by atoms with Gasteiger partial charge in [-0.3, -0.25) is 9.59 Å². The lowest BCUT2D eigenvalue weighted by atomic mass is 9.79. The predicted molar refractivity (Wildman–Crippen MR) is 93.4 cm³/mol. The van der Waals surface area contributed by atoms with Gasteiger partial charge < -0.3 is 19.5 Å². The van der Waals surface area contributed by atoms with Gasteiger partial charge in [0.25, 0.3) is 5.91 Å². The van der Waals surface area contributed by atoms with E-state index < -0.39 is 17.9 Å². The molecule has 26 heavy (non-hydrogen) atoms. The van der Waals surface area contributed by atoms with Crippen LogP contribution in [0.5, 0.6) is 11.5 Å². The Hall–Kier alpha value is -3.02. The van der Waals surface area contributed by atoms with Gasteiger partial charge in [-0.25, -0.2) is 0 Å². The van der Waals surface area contributed by atoms with Crippen LogP contribution in [0.15, 0.2) is 42.5 Å². The molecule has 0 bridgehead atoms. The normalized spacial score (nSPS) is 21.0. The summed E-state index contributed by atoms with van der Waals surface area (Å²) in [5.74, 6) is -0.776. The monoisotopic (exact) mass is 353 g/mol. The average molecular weight is 353 g/mol. The van der Waals surface area contributed by atoms with Crippen molar-refractivity contribution in [3.8, 4) is 11.5 Å². The van der Waals surface area contributed by atoms with E-state index in [1.54, 1.807) is 41.3 Å². The maximum absolute atomic E-state index is 13.1. The highest BCUT2D eigenvalue weighted by molar-refractivity contribution is 6.00. The highest BCUT2D eigenvalue weighted by atomic mass is 16.7. The van der Waals surface area contributed by atoms with Crippen molar-refractivity contribution in [2.75, 3.05) is 6.79 Å². The van der Waals surface area contributed by atoms with Crippen LogP contribution >= 0.6 is 0 Å². The van der Waals surface area contributed by atoms with Crippen molar-refractivity contribution in [1.29, 1.82) is 0 Å². The van der Waals surface area contributed by atoms with Crippen molar-refractivity contribution in [3.63, 3.8) is 0 Å². The Morgan fingerprint density at radius 2 is 1.88 bits per heavy atom. The second kappa shape index (κ2) is 6.05. The molecule has 1 amide bonds. The number of benzene rings is 2. The molecule has 2 aliphatic rings. The van der Waals surface area contributed by atoms with Gasteiger partial charge in [0.1, 0.15) is 5.92 Å². The molecule has 134 valence electrons. The fraction of sp³-hybridized carbons (Fsp3) is 0.300. The maximum atomic E-state index is 13.1. The number of nitrogens with zero attached hydrogens (tertiary/aromatic N) is 1. The van der Waals surface area contributed by atoms with Gasteiger partial charge in [0.2, 0.25) is 6.79 Å². The lowest BCUT2D eigenvalue weighted by Crippen LogP contribution is -2.48. The summed E-state index contributed by atoms with van der Waals surface area (Å²) in [4.78, 5) is 27.0. The van der Waals surface area contributed by atoms with Crippen molar-refractivity contribution in [1.82, 2.24) is 4.90 Å². The van der Waals surface area contributed by atoms with Gasteiger partial charge in [0.15, 0.2) is 11.5 Å². The Bertz CT molecular complexity index is 892. The number of ether oxygens (including phenoxy) is 2. The fourth-order valence-corrected chi connectivity index (χ4v) is 3.83. The summed E-state index contributed by atoms with van der Waals surface area (Å²) in [5.41, 5.74) is 1.72. The number of amides is 1. The molecule has 2 aromatic carbocycles. The Balaban J connectivity index is 1.92. The number of carbonyl (C=O) groups excluding carboxylic acids is 1. The van der Waals surface area contributed by atoms with E-state index in [4.69, 9.17) is 9.47 Å². The molecular formula is C20H19NO5. The Kier molecular flexibility index (Phi) is 3.83. The molecule has 2 aromatic rings. The third-order valence-electron chi connectivity index (χ3n) is 4.94. The topological polar surface area (TPSA) is 76.1 Å². The van der Waals surface area contributed by atoms with Crippen molar-refractivity contribution in [3.05, 3.63) is 59.2 Å². The van der Waals surface area contributed by atoms with Crippen LogP contribution in [0.25, 0.3) is 0 Å². The number of carboxylic acids is 1. The lowest BCUT2D eigenvalue weighted by molar-refractivity contribution is -0.140. The smallest absolute Gasteiger partial charge is 0.313 e. The molecule has 2 unspecified atom stereocenters. The van der Waals surface area contributed by atoms with Crippen LogP contribution in [-0.2, 0) is 4.79 Å². The summed E-state index contributed by atoms with van der Waals surface area (Å²) in [6, 6.07) is 11.5. The van der Waals surface area contributed by atoms with Crippen molar-refractivity contribution in [2.45, 2.75) is 31.8 Å². The third-order valence-corrected chi connectivity index (χ3v) is 4.94. The van der Waals surface area contributed by atoms with Crippen molar-refractivity contribution in [2.24, 2.45) is 0 Å². The number of hydrogen-bond acceptors (Lipinski definition) is 4. The number of hydrogen-bond donors (Lipinski definition) is 1. The quantitative estimate of drug-likeness (QED) is 0.917. The molecule has 0 fully saturated rings. The molecule has 0 aromatic heterocycles. The van der Waals surface area contributed by atoms with E-state index >= 15 is 0 Å². The molecule has 2 aliphatic heterocycles. The molecule has 6 nitrogen and oxygen atoms in total. The minimum Gasteiger partial charge on any atom is -0.481 e. The second-order valence-electron chi connectivity index (χ2n) is 6.77. The summed E-state index contributed by atoms with van der Waals surface area (Å²) >= 11 is 0. The van der Waals surface area contributed by atoms with Crippen LogP contribution < -0.4 is 9.47 Å². The van der Waals surface area contributed by atoms with Gasteiger partial charge in [-0.2, -0.15) is 0 Å². The predicted octanol–water partition coefficient (Wildman–Crippen LogP) is 3.19. The first-order valence-electron chi connectivity index (χ1n) is 8.53. The molecular weight excluding hydrogens is 334 g/mol. The number of carbonyl (C=O) groups is 2. The minimum atomic E-state index is -0.960. The molecule has 0 aliphatic carbocycles. The maximum Gasteiger partial charge on any atom is 0.313 e. The Labute approximate surface area is 151 Å². The van der Waals surface area contributed by atoms with Gasteiger partial charge in [-0.05, 0) is 43.2 Å². The van der Waals surface area contributed by atoms with Gasteiger partial charge in [-0.1, -0.05) is 24.3 Å². The van der Waals surface area contributed by atoms with E-state index in [9.17, 15) is 14.7 Å². The molecule has 2 heterocycles. The van der Waals surface area contributed by atoms with Gasteiger partial charge >= 0.3 is 5.97 Å². The van der Waals surface area contributed by atoms with E-state index in [0.29, 0.717) is 22.6 Å². The summed E-state index contributed by atoms with van der Waals surface area (Å²) in [7, 11) is 0. The molecule has 4 rings (SSSR count). The first kappa shape index (κ1) is 16.4. The van der Waals surface area contributed by atoms with Crippen LogP contribution in [0, 0.1) is 0 Å². The van der Waals surface area contributed by atoms with E-state index in [2.05, 4.69) is 0 Å². The molecule has 1 N–H and O–H groups in total. The molecule has 6 heteroatoms. The van der Waals surface area contributed by atoms with E-state index in [0.717, 1.165) is 5.56 Å². The zero-order chi connectivity index (χ0) is 18.4. The number of fused-ring (bicyclic) bond motifs is 2. The van der Waals surface area contributed by atoms with Gasteiger partial charge in [0, 0.05) is 11.6 Å². The summed E-state index contributed by atoms with van der Waals surface area (Å²) in [6.07, 6.45) is 0. The largest absolute Gasteiger partial charge is 0.481 e. The van der Waals surface area contributed by atoms with Crippen LogP contribution in [0.2, 0.25) is 0 Å². The van der Waals surface area contributed by atoms with Crippen molar-refractivity contribution < 1.29 is 24.2 Å². The fourth-order valence-electron chi connectivity index (χ4n) is 3.83. The highest BCUT2D eigenvalue weighted by Crippen LogP contribution is 2.46. The van der Waals surface area contributed by atoms with E-state index in [1.807, 2.05) is 19.9 Å². The summed E-state index contributed by atoms with van der Waals surface area (Å²) in [6.45, 7) is 3.93. The summed E-state index contributed by atoms with van der Waals surface area (Å²) < 4.78 is 10.8. The minimum absolute atomic E-state index is 0.140. The molecule has 0 radical (unpaired) electrons. The average Bonchev–Trinajstić information content (AvgIpc) is 3.08. The molecule has 0 saturated heterocycles. The highest BCUT2D eigenvalue weighted by Gasteiger charge is 2.45. The van der Waals surface area contributed by atoms with E-state index in [1.165, 1.54) is 0 Å². The molecule has 2 atom stereocenters. The molecule has 0 spiro atoms. The summed E-state index contributed by atoms with van der Waals surface area (Å²) in [5, 5.41) is 10.0. The zero-order valence-corrected chi connectivity index (χ0v) is 14.5.